The predicted molar refractivity (Wildman–Crippen MR) is 115 cm³/mol. The van der Waals surface area contributed by atoms with Gasteiger partial charge in [0.05, 0.1) is 5.39 Å². The monoisotopic (exact) mass is 414 g/mol. The maximum Gasteiger partial charge on any atom is 0.336 e. The molecular formula is C23H30N2O5. The summed E-state index contributed by atoms with van der Waals surface area (Å²) in [4.78, 5) is 37.9. The van der Waals surface area contributed by atoms with E-state index in [0.29, 0.717) is 37.3 Å². The highest BCUT2D eigenvalue weighted by Gasteiger charge is 2.21. The summed E-state index contributed by atoms with van der Waals surface area (Å²) in [7, 11) is 0. The first-order valence-electron chi connectivity index (χ1n) is 10.7. The summed E-state index contributed by atoms with van der Waals surface area (Å²) >= 11 is 0. The molecule has 7 heteroatoms. The maximum atomic E-state index is 12.5. The van der Waals surface area contributed by atoms with Crippen molar-refractivity contribution in [3.63, 3.8) is 0 Å². The number of amides is 2. The molecule has 1 saturated heterocycles. The quantitative estimate of drug-likeness (QED) is 0.503. The molecule has 162 valence electrons. The standard InChI is InChI=1S/C23H30N2O5/c1-4-7-17-14-21(27)30-19-13-15(2)12-18(22(17)19)29-16(3)23(28)24-9-6-11-25-10-5-8-20(25)26/h12-14,16H,4-11H2,1-3H3,(H,24,28). The van der Waals surface area contributed by atoms with Crippen LogP contribution in [0, 0.1) is 6.92 Å². The summed E-state index contributed by atoms with van der Waals surface area (Å²) in [6, 6.07) is 5.18. The number of likely N-dealkylation sites (tertiary alicyclic amines) is 1. The number of benzene rings is 1. The molecule has 7 nitrogen and oxygen atoms in total. The van der Waals surface area contributed by atoms with Crippen LogP contribution >= 0.6 is 0 Å². The van der Waals surface area contributed by atoms with Crippen LogP contribution in [-0.4, -0.2) is 42.5 Å². The molecule has 0 aliphatic carbocycles. The molecule has 2 aromatic rings. The van der Waals surface area contributed by atoms with Gasteiger partial charge in [0.15, 0.2) is 6.10 Å². The van der Waals surface area contributed by atoms with Gasteiger partial charge in [0.2, 0.25) is 5.91 Å². The number of ether oxygens (including phenoxy) is 1. The van der Waals surface area contributed by atoms with Gasteiger partial charge in [-0.15, -0.1) is 0 Å². The fraction of sp³-hybridized carbons (Fsp3) is 0.522. The van der Waals surface area contributed by atoms with Crippen LogP contribution in [0.2, 0.25) is 0 Å². The SMILES string of the molecule is CCCc1cc(=O)oc2cc(C)cc(OC(C)C(=O)NCCCN3CCCC3=O)c12. The van der Waals surface area contributed by atoms with Crippen molar-refractivity contribution >= 4 is 22.8 Å². The highest BCUT2D eigenvalue weighted by atomic mass is 16.5. The van der Waals surface area contributed by atoms with Crippen LogP contribution in [0.5, 0.6) is 5.75 Å². The Labute approximate surface area is 176 Å². The van der Waals surface area contributed by atoms with Crippen LogP contribution in [-0.2, 0) is 16.0 Å². The van der Waals surface area contributed by atoms with Crippen LogP contribution in [0.25, 0.3) is 11.0 Å². The summed E-state index contributed by atoms with van der Waals surface area (Å²) in [5.74, 6) is 0.522. The first kappa shape index (κ1) is 21.9. The van der Waals surface area contributed by atoms with Gasteiger partial charge in [-0.2, -0.15) is 0 Å². The topological polar surface area (TPSA) is 88.8 Å². The molecule has 1 aliphatic rings. The Morgan fingerprint density at radius 2 is 2.10 bits per heavy atom. The number of nitrogens with zero attached hydrogens (tertiary/aromatic N) is 1. The highest BCUT2D eigenvalue weighted by Crippen LogP contribution is 2.31. The summed E-state index contributed by atoms with van der Waals surface area (Å²) in [6.07, 6.45) is 3.15. The Morgan fingerprint density at radius 1 is 1.30 bits per heavy atom. The Morgan fingerprint density at radius 3 is 2.80 bits per heavy atom. The molecule has 1 fully saturated rings. The maximum absolute atomic E-state index is 12.5. The third-order valence-electron chi connectivity index (χ3n) is 5.30. The average Bonchev–Trinajstić information content (AvgIpc) is 3.09. The molecule has 1 aromatic carbocycles. The third kappa shape index (κ3) is 5.20. The van der Waals surface area contributed by atoms with Crippen LogP contribution in [0.3, 0.4) is 0 Å². The van der Waals surface area contributed by atoms with Crippen LogP contribution in [0.15, 0.2) is 27.4 Å². The van der Waals surface area contributed by atoms with Crippen molar-refractivity contribution in [2.24, 2.45) is 0 Å². The molecule has 2 amide bonds. The summed E-state index contributed by atoms with van der Waals surface area (Å²) < 4.78 is 11.4. The molecule has 0 saturated carbocycles. The van der Waals surface area contributed by atoms with Gasteiger partial charge in [-0.3, -0.25) is 9.59 Å². The van der Waals surface area contributed by atoms with Crippen molar-refractivity contribution < 1.29 is 18.7 Å². The molecule has 2 heterocycles. The van der Waals surface area contributed by atoms with Gasteiger partial charge in [-0.1, -0.05) is 13.3 Å². The molecule has 3 rings (SSSR count). The van der Waals surface area contributed by atoms with E-state index in [-0.39, 0.29) is 17.4 Å². The van der Waals surface area contributed by atoms with Gasteiger partial charge in [0, 0.05) is 32.1 Å². The molecule has 30 heavy (non-hydrogen) atoms. The Balaban J connectivity index is 1.66. The van der Waals surface area contributed by atoms with E-state index < -0.39 is 6.10 Å². The zero-order valence-electron chi connectivity index (χ0n) is 18.0. The lowest BCUT2D eigenvalue weighted by Gasteiger charge is -2.19. The van der Waals surface area contributed by atoms with Crippen molar-refractivity contribution in [3.05, 3.63) is 39.7 Å². The minimum absolute atomic E-state index is 0.193. The normalized spacial score (nSPS) is 14.9. The zero-order valence-corrected chi connectivity index (χ0v) is 18.0. The van der Waals surface area contributed by atoms with Crippen LogP contribution in [0.1, 0.15) is 50.7 Å². The fourth-order valence-electron chi connectivity index (χ4n) is 3.84. The molecule has 1 N–H and O–H groups in total. The summed E-state index contributed by atoms with van der Waals surface area (Å²) in [6.45, 7) is 7.59. The van der Waals surface area contributed by atoms with Gasteiger partial charge in [-0.25, -0.2) is 4.79 Å². The number of rotatable bonds is 9. The molecule has 0 spiro atoms. The molecular weight excluding hydrogens is 384 g/mol. The Hall–Kier alpha value is -2.83. The number of fused-ring (bicyclic) bond motifs is 1. The number of carbonyl (C=O) groups excluding carboxylic acids is 2. The number of hydrogen-bond donors (Lipinski definition) is 1. The van der Waals surface area contributed by atoms with Crippen molar-refractivity contribution in [1.82, 2.24) is 10.2 Å². The summed E-state index contributed by atoms with van der Waals surface area (Å²) in [5, 5.41) is 3.62. The molecule has 1 aromatic heterocycles. The van der Waals surface area contributed by atoms with Crippen molar-refractivity contribution in [1.29, 1.82) is 0 Å². The van der Waals surface area contributed by atoms with Crippen molar-refractivity contribution in [3.8, 4) is 5.75 Å². The van der Waals surface area contributed by atoms with Gasteiger partial charge >= 0.3 is 5.63 Å². The highest BCUT2D eigenvalue weighted by molar-refractivity contribution is 5.88. The predicted octanol–water partition coefficient (Wildman–Crippen LogP) is 2.95. The third-order valence-corrected chi connectivity index (χ3v) is 5.30. The average molecular weight is 415 g/mol. The van der Waals surface area contributed by atoms with E-state index in [1.54, 1.807) is 6.92 Å². The molecule has 0 bridgehead atoms. The number of hydrogen-bond acceptors (Lipinski definition) is 5. The van der Waals surface area contributed by atoms with Crippen LogP contribution in [0.4, 0.5) is 0 Å². The van der Waals surface area contributed by atoms with E-state index in [0.717, 1.165) is 42.3 Å². The molecule has 1 atom stereocenters. The lowest BCUT2D eigenvalue weighted by Crippen LogP contribution is -2.38. The molecule has 1 unspecified atom stereocenters. The smallest absolute Gasteiger partial charge is 0.336 e. The second-order valence-corrected chi connectivity index (χ2v) is 7.87. The van der Waals surface area contributed by atoms with E-state index in [4.69, 9.17) is 9.15 Å². The van der Waals surface area contributed by atoms with E-state index in [1.807, 2.05) is 30.9 Å². The van der Waals surface area contributed by atoms with Crippen molar-refractivity contribution in [2.75, 3.05) is 19.6 Å². The summed E-state index contributed by atoms with van der Waals surface area (Å²) in [5.41, 5.74) is 1.84. The first-order valence-corrected chi connectivity index (χ1v) is 10.7. The van der Waals surface area contributed by atoms with Crippen LogP contribution < -0.4 is 15.7 Å². The lowest BCUT2D eigenvalue weighted by molar-refractivity contribution is -0.127. The molecule has 1 aliphatic heterocycles. The minimum atomic E-state index is -0.704. The van der Waals surface area contributed by atoms with Gasteiger partial charge in [-0.05, 0) is 56.4 Å². The lowest BCUT2D eigenvalue weighted by atomic mass is 10.0. The number of nitrogens with one attached hydrogen (secondary N) is 1. The first-order chi connectivity index (χ1) is 14.4. The van der Waals surface area contributed by atoms with Gasteiger partial charge in [0.25, 0.3) is 5.91 Å². The van der Waals surface area contributed by atoms with E-state index >= 15 is 0 Å². The van der Waals surface area contributed by atoms with Gasteiger partial charge < -0.3 is 19.4 Å². The number of carbonyl (C=O) groups is 2. The second kappa shape index (κ2) is 9.78. The fourth-order valence-corrected chi connectivity index (χ4v) is 3.84. The van der Waals surface area contributed by atoms with Gasteiger partial charge in [0.1, 0.15) is 11.3 Å². The largest absolute Gasteiger partial charge is 0.480 e. The molecule has 0 radical (unpaired) electrons. The van der Waals surface area contributed by atoms with E-state index in [2.05, 4.69) is 5.32 Å². The Kier molecular flexibility index (Phi) is 7.13. The Bertz CT molecular complexity index is 981. The minimum Gasteiger partial charge on any atom is -0.480 e. The van der Waals surface area contributed by atoms with E-state index in [1.165, 1.54) is 6.07 Å². The van der Waals surface area contributed by atoms with Crippen molar-refractivity contribution in [2.45, 2.75) is 59.0 Å². The zero-order chi connectivity index (χ0) is 21.7. The second-order valence-electron chi connectivity index (χ2n) is 7.87. The number of aryl methyl sites for hydroxylation is 2. The van der Waals surface area contributed by atoms with E-state index in [9.17, 15) is 14.4 Å².